The van der Waals surface area contributed by atoms with Crippen LogP contribution in [0.25, 0.3) is 10.9 Å². The van der Waals surface area contributed by atoms with E-state index in [0.29, 0.717) is 24.4 Å². The number of rotatable bonds is 3. The molecule has 0 unspecified atom stereocenters. The number of benzene rings is 2. The van der Waals surface area contributed by atoms with Crippen LogP contribution in [-0.4, -0.2) is 25.8 Å². The number of aromatic amines is 1. The molecular formula is C17H14FN3O2S. The number of aliphatic imine (C=N–C) groups is 1. The zero-order valence-corrected chi connectivity index (χ0v) is 13.4. The predicted octanol–water partition coefficient (Wildman–Crippen LogP) is 2.59. The maximum Gasteiger partial charge on any atom is 0.263 e. The number of hydrogen-bond acceptors (Lipinski definition) is 3. The molecule has 0 saturated heterocycles. The second-order valence-electron chi connectivity index (χ2n) is 5.59. The molecule has 0 fully saturated rings. The van der Waals surface area contributed by atoms with E-state index in [2.05, 4.69) is 14.7 Å². The minimum Gasteiger partial charge on any atom is -0.361 e. The van der Waals surface area contributed by atoms with Crippen molar-refractivity contribution in [3.05, 3.63) is 65.6 Å². The average molecular weight is 343 g/mol. The highest BCUT2D eigenvalue weighted by atomic mass is 32.2. The number of hydrogen-bond donors (Lipinski definition) is 2. The van der Waals surface area contributed by atoms with Gasteiger partial charge in [-0.05, 0) is 42.3 Å². The molecule has 5 nitrogen and oxygen atoms in total. The summed E-state index contributed by atoms with van der Waals surface area (Å²) >= 11 is 0. The van der Waals surface area contributed by atoms with Gasteiger partial charge in [0.15, 0.2) is 0 Å². The van der Waals surface area contributed by atoms with Crippen molar-refractivity contribution in [1.82, 2.24) is 9.71 Å². The van der Waals surface area contributed by atoms with Crippen molar-refractivity contribution >= 4 is 26.8 Å². The van der Waals surface area contributed by atoms with Gasteiger partial charge in [0.2, 0.25) is 0 Å². The van der Waals surface area contributed by atoms with Gasteiger partial charge in [-0.1, -0.05) is 12.1 Å². The zero-order valence-electron chi connectivity index (χ0n) is 12.6. The van der Waals surface area contributed by atoms with Crippen LogP contribution < -0.4 is 4.72 Å². The van der Waals surface area contributed by atoms with E-state index in [1.807, 2.05) is 6.20 Å². The maximum absolute atomic E-state index is 13.2. The van der Waals surface area contributed by atoms with Gasteiger partial charge in [-0.3, -0.25) is 9.71 Å². The number of nitrogens with one attached hydrogen (secondary N) is 2. The van der Waals surface area contributed by atoms with Crippen LogP contribution in [0.1, 0.15) is 11.1 Å². The van der Waals surface area contributed by atoms with Crippen molar-refractivity contribution < 1.29 is 12.8 Å². The van der Waals surface area contributed by atoms with Gasteiger partial charge >= 0.3 is 0 Å². The van der Waals surface area contributed by atoms with Crippen LogP contribution in [0, 0.1) is 5.82 Å². The smallest absolute Gasteiger partial charge is 0.263 e. The van der Waals surface area contributed by atoms with E-state index >= 15 is 0 Å². The van der Waals surface area contributed by atoms with E-state index in [1.165, 1.54) is 12.1 Å². The molecule has 1 aliphatic heterocycles. The summed E-state index contributed by atoms with van der Waals surface area (Å²) in [6.07, 6.45) is 2.45. The van der Waals surface area contributed by atoms with Gasteiger partial charge in [-0.25, -0.2) is 12.8 Å². The highest BCUT2D eigenvalue weighted by molar-refractivity contribution is 7.90. The monoisotopic (exact) mass is 343 g/mol. The molecule has 0 spiro atoms. The van der Waals surface area contributed by atoms with Gasteiger partial charge in [0.25, 0.3) is 10.0 Å². The summed E-state index contributed by atoms with van der Waals surface area (Å²) in [5.41, 5.74) is 2.35. The van der Waals surface area contributed by atoms with Crippen LogP contribution in [0.2, 0.25) is 0 Å². The molecule has 122 valence electrons. The molecule has 1 aliphatic rings. The van der Waals surface area contributed by atoms with Crippen LogP contribution >= 0.6 is 0 Å². The Morgan fingerprint density at radius 1 is 1.12 bits per heavy atom. The van der Waals surface area contributed by atoms with Gasteiger partial charge in [0, 0.05) is 29.2 Å². The molecule has 0 aliphatic carbocycles. The molecule has 3 aromatic rings. The number of nitrogens with zero attached hydrogens (tertiary/aromatic N) is 1. The molecule has 4 rings (SSSR count). The Hall–Kier alpha value is -2.67. The lowest BCUT2D eigenvalue weighted by atomic mass is 10.1. The first kappa shape index (κ1) is 14.9. The van der Waals surface area contributed by atoms with Crippen LogP contribution in [0.5, 0.6) is 0 Å². The van der Waals surface area contributed by atoms with Crippen molar-refractivity contribution in [1.29, 1.82) is 0 Å². The van der Waals surface area contributed by atoms with Gasteiger partial charge in [0.1, 0.15) is 11.7 Å². The Morgan fingerprint density at radius 3 is 2.83 bits per heavy atom. The fraction of sp³-hybridized carbons (Fsp3) is 0.118. The minimum absolute atomic E-state index is 0.256. The summed E-state index contributed by atoms with van der Waals surface area (Å²) in [4.78, 5) is 7.69. The normalized spacial score (nSPS) is 17.1. The number of fused-ring (bicyclic) bond motifs is 2. The molecule has 0 saturated carbocycles. The summed E-state index contributed by atoms with van der Waals surface area (Å²) in [6.45, 7) is 0.427. The van der Waals surface area contributed by atoms with E-state index in [4.69, 9.17) is 0 Å². The quantitative estimate of drug-likeness (QED) is 0.767. The minimum atomic E-state index is -3.51. The Balaban J connectivity index is 1.58. The van der Waals surface area contributed by atoms with Crippen LogP contribution in [-0.2, 0) is 16.4 Å². The summed E-state index contributed by atoms with van der Waals surface area (Å²) in [6, 6.07) is 11.4. The van der Waals surface area contributed by atoms with E-state index in [0.717, 1.165) is 16.5 Å². The lowest BCUT2D eigenvalue weighted by Crippen LogP contribution is -2.22. The summed E-state index contributed by atoms with van der Waals surface area (Å²) in [7, 11) is -3.51. The average Bonchev–Trinajstić information content (AvgIpc) is 3.07. The number of aromatic nitrogens is 1. The SMILES string of the molecule is O=S1(=O)NC(=NCCc2c[nH]c3cc(F)ccc23)c2ccccc21. The molecule has 0 amide bonds. The third-order valence-corrected chi connectivity index (χ3v) is 5.44. The fourth-order valence-electron chi connectivity index (χ4n) is 2.90. The molecule has 2 aromatic carbocycles. The molecule has 0 bridgehead atoms. The first-order valence-electron chi connectivity index (χ1n) is 7.47. The second kappa shape index (κ2) is 5.45. The van der Waals surface area contributed by atoms with E-state index < -0.39 is 10.0 Å². The first-order chi connectivity index (χ1) is 11.5. The Labute approximate surface area is 138 Å². The Morgan fingerprint density at radius 2 is 1.96 bits per heavy atom. The molecule has 0 atom stereocenters. The van der Waals surface area contributed by atoms with Crippen LogP contribution in [0.3, 0.4) is 0 Å². The van der Waals surface area contributed by atoms with Crippen molar-refractivity contribution in [3.63, 3.8) is 0 Å². The zero-order chi connectivity index (χ0) is 16.7. The standard InChI is InChI=1S/C17H14FN3O2S/c18-12-5-6-13-11(10-20-15(13)9-12)7-8-19-17-14-3-1-2-4-16(14)24(22,23)21-17/h1-6,9-10,20H,7-8H2,(H,19,21). The summed E-state index contributed by atoms with van der Waals surface area (Å²) in [5, 5.41) is 0.948. The van der Waals surface area contributed by atoms with Crippen LogP contribution in [0.4, 0.5) is 4.39 Å². The van der Waals surface area contributed by atoms with Gasteiger partial charge < -0.3 is 4.98 Å². The second-order valence-corrected chi connectivity index (χ2v) is 7.24. The molecule has 24 heavy (non-hydrogen) atoms. The molecule has 2 N–H and O–H groups in total. The first-order valence-corrected chi connectivity index (χ1v) is 8.95. The third kappa shape index (κ3) is 2.46. The predicted molar refractivity (Wildman–Crippen MR) is 90.1 cm³/mol. The largest absolute Gasteiger partial charge is 0.361 e. The van der Waals surface area contributed by atoms with E-state index in [-0.39, 0.29) is 10.7 Å². The number of amidine groups is 1. The Kier molecular flexibility index (Phi) is 3.38. The molecule has 1 aromatic heterocycles. The lowest BCUT2D eigenvalue weighted by molar-refractivity contribution is 0.595. The van der Waals surface area contributed by atoms with Crippen molar-refractivity contribution in [3.8, 4) is 0 Å². The van der Waals surface area contributed by atoms with Crippen molar-refractivity contribution in [2.45, 2.75) is 11.3 Å². The van der Waals surface area contributed by atoms with Crippen LogP contribution in [0.15, 0.2) is 58.5 Å². The molecule has 2 heterocycles. The van der Waals surface area contributed by atoms with Gasteiger partial charge in [-0.15, -0.1) is 0 Å². The Bertz CT molecular complexity index is 1070. The maximum atomic E-state index is 13.2. The molecule has 0 radical (unpaired) electrons. The van der Waals surface area contributed by atoms with Gasteiger partial charge in [-0.2, -0.15) is 0 Å². The highest BCUT2D eigenvalue weighted by Gasteiger charge is 2.29. The summed E-state index contributed by atoms with van der Waals surface area (Å²) < 4.78 is 39.8. The number of H-pyrrole nitrogens is 1. The highest BCUT2D eigenvalue weighted by Crippen LogP contribution is 2.23. The fourth-order valence-corrected chi connectivity index (χ4v) is 4.16. The third-order valence-electron chi connectivity index (χ3n) is 4.04. The van der Waals surface area contributed by atoms with Gasteiger partial charge in [0.05, 0.1) is 4.90 Å². The number of halogens is 1. The number of sulfonamides is 1. The van der Waals surface area contributed by atoms with E-state index in [1.54, 1.807) is 30.3 Å². The summed E-state index contributed by atoms with van der Waals surface area (Å²) in [5.74, 6) is 0.0876. The topological polar surface area (TPSA) is 74.3 Å². The lowest BCUT2D eigenvalue weighted by Gasteiger charge is -2.00. The van der Waals surface area contributed by atoms with Crippen molar-refractivity contribution in [2.24, 2.45) is 4.99 Å². The molecular weight excluding hydrogens is 329 g/mol. The van der Waals surface area contributed by atoms with Crippen molar-refractivity contribution in [2.75, 3.05) is 6.54 Å². The molecule has 7 heteroatoms. The van der Waals surface area contributed by atoms with E-state index in [9.17, 15) is 12.8 Å².